The lowest BCUT2D eigenvalue weighted by Crippen LogP contribution is -2.38. The maximum absolute atomic E-state index is 13.5. The van der Waals surface area contributed by atoms with E-state index < -0.39 is 6.10 Å². The van der Waals surface area contributed by atoms with Gasteiger partial charge in [0.15, 0.2) is 0 Å². The van der Waals surface area contributed by atoms with Gasteiger partial charge in [0.1, 0.15) is 5.82 Å². The second-order valence-electron chi connectivity index (χ2n) is 6.15. The van der Waals surface area contributed by atoms with Crippen LogP contribution in [0, 0.1) is 5.82 Å². The molecule has 2 rings (SSSR count). The fourth-order valence-corrected chi connectivity index (χ4v) is 2.90. The van der Waals surface area contributed by atoms with E-state index in [4.69, 9.17) is 4.74 Å². The van der Waals surface area contributed by atoms with E-state index in [0.717, 1.165) is 26.1 Å². The summed E-state index contributed by atoms with van der Waals surface area (Å²) in [4.78, 5) is 15.8. The van der Waals surface area contributed by atoms with Gasteiger partial charge < -0.3 is 14.7 Å². The van der Waals surface area contributed by atoms with Crippen LogP contribution in [0.25, 0.3) is 0 Å². The van der Waals surface area contributed by atoms with Gasteiger partial charge in [-0.2, -0.15) is 0 Å². The first-order valence-corrected chi connectivity index (χ1v) is 8.59. The number of amides is 1. The van der Waals surface area contributed by atoms with Crippen molar-refractivity contribution in [1.82, 2.24) is 9.80 Å². The topological polar surface area (TPSA) is 53.0 Å². The summed E-state index contributed by atoms with van der Waals surface area (Å²) in [5, 5.41) is 10.1. The zero-order valence-corrected chi connectivity index (χ0v) is 14.3. The number of halogens is 1. The molecule has 0 saturated carbocycles. The van der Waals surface area contributed by atoms with E-state index in [-0.39, 0.29) is 24.9 Å². The molecule has 1 fully saturated rings. The largest absolute Gasteiger partial charge is 0.389 e. The van der Waals surface area contributed by atoms with Gasteiger partial charge in [0.2, 0.25) is 5.91 Å². The van der Waals surface area contributed by atoms with Gasteiger partial charge in [0.05, 0.1) is 19.3 Å². The van der Waals surface area contributed by atoms with Crippen LogP contribution < -0.4 is 0 Å². The zero-order valence-electron chi connectivity index (χ0n) is 14.3. The van der Waals surface area contributed by atoms with Crippen molar-refractivity contribution in [3.05, 3.63) is 35.6 Å². The Morgan fingerprint density at radius 3 is 2.83 bits per heavy atom. The lowest BCUT2D eigenvalue weighted by atomic mass is 10.2. The van der Waals surface area contributed by atoms with Crippen molar-refractivity contribution >= 4 is 5.91 Å². The molecule has 1 amide bonds. The van der Waals surface area contributed by atoms with Crippen LogP contribution in [0.15, 0.2) is 24.3 Å². The van der Waals surface area contributed by atoms with E-state index in [1.807, 2.05) is 11.8 Å². The lowest BCUT2D eigenvalue weighted by molar-refractivity contribution is -0.130. The van der Waals surface area contributed by atoms with Crippen molar-refractivity contribution in [2.75, 3.05) is 39.3 Å². The van der Waals surface area contributed by atoms with Gasteiger partial charge in [-0.05, 0) is 19.0 Å². The number of β-amino-alcohol motifs (C(OH)–C–C–N with tert-alkyl or cyclic N) is 1. The number of hydrogen-bond donors (Lipinski definition) is 1. The van der Waals surface area contributed by atoms with E-state index in [1.165, 1.54) is 6.07 Å². The number of benzene rings is 1. The molecule has 0 radical (unpaired) electrons. The van der Waals surface area contributed by atoms with E-state index in [9.17, 15) is 14.3 Å². The summed E-state index contributed by atoms with van der Waals surface area (Å²) in [7, 11) is 0. The third-order valence-corrected chi connectivity index (χ3v) is 4.24. The molecular formula is C18H27FN2O3. The Hall–Kier alpha value is -1.50. The van der Waals surface area contributed by atoms with Crippen LogP contribution in [0.1, 0.15) is 25.3 Å². The summed E-state index contributed by atoms with van der Waals surface area (Å²) in [5.41, 5.74) is 0.494. The third kappa shape index (κ3) is 5.85. The van der Waals surface area contributed by atoms with Gasteiger partial charge in [-0.3, -0.25) is 9.69 Å². The highest BCUT2D eigenvalue weighted by atomic mass is 19.1. The molecular weight excluding hydrogens is 311 g/mol. The number of aliphatic hydroxyl groups is 1. The van der Waals surface area contributed by atoms with Gasteiger partial charge in [-0.25, -0.2) is 4.39 Å². The van der Waals surface area contributed by atoms with Crippen LogP contribution >= 0.6 is 0 Å². The van der Waals surface area contributed by atoms with Crippen LogP contribution in [0.3, 0.4) is 0 Å². The monoisotopic (exact) mass is 338 g/mol. The van der Waals surface area contributed by atoms with Gasteiger partial charge in [-0.15, -0.1) is 0 Å². The van der Waals surface area contributed by atoms with Crippen LogP contribution in [0.4, 0.5) is 4.39 Å². The fourth-order valence-electron chi connectivity index (χ4n) is 2.90. The van der Waals surface area contributed by atoms with Crippen LogP contribution in [-0.2, 0) is 16.1 Å². The molecule has 0 aliphatic carbocycles. The highest BCUT2D eigenvalue weighted by Crippen LogP contribution is 2.09. The number of carbonyl (C=O) groups is 1. The summed E-state index contributed by atoms with van der Waals surface area (Å²) >= 11 is 0. The molecule has 1 saturated heterocycles. The second-order valence-corrected chi connectivity index (χ2v) is 6.15. The highest BCUT2D eigenvalue weighted by molar-refractivity contribution is 5.75. The first-order valence-electron chi connectivity index (χ1n) is 8.59. The number of nitrogens with zero attached hydrogens (tertiary/aromatic N) is 2. The standard InChI is InChI=1S/C18H27FN2O3/c1-2-18(23)21-9-5-8-20(10-11-21)12-16(22)14-24-13-15-6-3-4-7-17(15)19/h3-4,6-7,16,22H,2,5,8-14H2,1H3. The average Bonchev–Trinajstić information content (AvgIpc) is 2.81. The Morgan fingerprint density at radius 1 is 1.29 bits per heavy atom. The number of ether oxygens (including phenoxy) is 1. The maximum Gasteiger partial charge on any atom is 0.222 e. The molecule has 1 heterocycles. The molecule has 1 N–H and O–H groups in total. The predicted molar refractivity (Wildman–Crippen MR) is 90.0 cm³/mol. The highest BCUT2D eigenvalue weighted by Gasteiger charge is 2.19. The molecule has 0 aromatic heterocycles. The Kier molecular flexibility index (Phi) is 7.62. The van der Waals surface area contributed by atoms with Crippen molar-refractivity contribution in [2.45, 2.75) is 32.5 Å². The van der Waals surface area contributed by atoms with Crippen molar-refractivity contribution < 1.29 is 19.0 Å². The molecule has 0 bridgehead atoms. The Morgan fingerprint density at radius 2 is 2.08 bits per heavy atom. The number of aliphatic hydroxyl groups excluding tert-OH is 1. The van der Waals surface area contributed by atoms with Crippen LogP contribution in [0.2, 0.25) is 0 Å². The van der Waals surface area contributed by atoms with Crippen molar-refractivity contribution in [3.8, 4) is 0 Å². The zero-order chi connectivity index (χ0) is 17.4. The molecule has 1 aromatic rings. The first kappa shape index (κ1) is 18.8. The molecule has 1 aliphatic rings. The van der Waals surface area contributed by atoms with E-state index in [0.29, 0.717) is 25.1 Å². The van der Waals surface area contributed by atoms with Crippen molar-refractivity contribution in [3.63, 3.8) is 0 Å². The molecule has 134 valence electrons. The Labute approximate surface area is 143 Å². The van der Waals surface area contributed by atoms with E-state index in [1.54, 1.807) is 18.2 Å². The minimum absolute atomic E-state index is 0.155. The summed E-state index contributed by atoms with van der Waals surface area (Å²) in [6.45, 7) is 5.81. The molecule has 6 heteroatoms. The molecule has 1 aliphatic heterocycles. The molecule has 24 heavy (non-hydrogen) atoms. The van der Waals surface area contributed by atoms with Crippen LogP contribution in [0.5, 0.6) is 0 Å². The van der Waals surface area contributed by atoms with Crippen LogP contribution in [-0.4, -0.2) is 66.2 Å². The Bertz CT molecular complexity index is 527. The summed E-state index contributed by atoms with van der Waals surface area (Å²) in [5.74, 6) is -0.106. The van der Waals surface area contributed by atoms with Gasteiger partial charge >= 0.3 is 0 Å². The minimum atomic E-state index is -0.620. The lowest BCUT2D eigenvalue weighted by Gasteiger charge is -2.24. The molecule has 1 aromatic carbocycles. The smallest absolute Gasteiger partial charge is 0.222 e. The van der Waals surface area contributed by atoms with Crippen molar-refractivity contribution in [1.29, 1.82) is 0 Å². The minimum Gasteiger partial charge on any atom is -0.389 e. The number of rotatable bonds is 7. The Balaban J connectivity index is 1.69. The van der Waals surface area contributed by atoms with Gasteiger partial charge in [-0.1, -0.05) is 25.1 Å². The summed E-state index contributed by atoms with van der Waals surface area (Å²) < 4.78 is 18.9. The number of carbonyl (C=O) groups excluding carboxylic acids is 1. The average molecular weight is 338 g/mol. The SMILES string of the molecule is CCC(=O)N1CCCN(CC(O)COCc2ccccc2F)CC1. The second kappa shape index (κ2) is 9.71. The quantitative estimate of drug-likeness (QED) is 0.821. The normalized spacial score (nSPS) is 17.5. The molecule has 5 nitrogen and oxygen atoms in total. The first-order chi connectivity index (χ1) is 11.6. The number of hydrogen-bond acceptors (Lipinski definition) is 4. The van der Waals surface area contributed by atoms with Gasteiger partial charge in [0.25, 0.3) is 0 Å². The summed E-state index contributed by atoms with van der Waals surface area (Å²) in [6, 6.07) is 6.48. The molecule has 1 atom stereocenters. The maximum atomic E-state index is 13.5. The third-order valence-electron chi connectivity index (χ3n) is 4.24. The molecule has 0 spiro atoms. The summed E-state index contributed by atoms with van der Waals surface area (Å²) in [6.07, 6.45) is 0.825. The van der Waals surface area contributed by atoms with Crippen molar-refractivity contribution in [2.24, 2.45) is 0 Å². The van der Waals surface area contributed by atoms with E-state index >= 15 is 0 Å². The van der Waals surface area contributed by atoms with E-state index in [2.05, 4.69) is 4.90 Å². The molecule has 1 unspecified atom stereocenters. The van der Waals surface area contributed by atoms with Gasteiger partial charge in [0, 0.05) is 38.2 Å². The fraction of sp³-hybridized carbons (Fsp3) is 0.611. The predicted octanol–water partition coefficient (Wildman–Crippen LogP) is 1.65.